The molecular weight excluding hydrogens is 260 g/mol. The van der Waals surface area contributed by atoms with Crippen molar-refractivity contribution in [2.75, 3.05) is 25.5 Å². The minimum atomic E-state index is 0.147. The van der Waals surface area contributed by atoms with Crippen LogP contribution in [0.2, 0.25) is 0 Å². The maximum absolute atomic E-state index is 4.76. The molecule has 2 aromatic carbocycles. The number of likely N-dealkylation sites (N-methyl/N-ethyl adjacent to an activating group) is 1. The molecule has 1 atom stereocenters. The largest absolute Gasteiger partial charge is 0.361 e. The van der Waals surface area contributed by atoms with Crippen LogP contribution in [0, 0.1) is 0 Å². The molecule has 2 aromatic rings. The van der Waals surface area contributed by atoms with Gasteiger partial charge in [-0.2, -0.15) is 5.10 Å². The third-order valence-electron chi connectivity index (χ3n) is 4.09. The van der Waals surface area contributed by atoms with Crippen LogP contribution in [0.1, 0.15) is 17.3 Å². The first-order chi connectivity index (χ1) is 10.3. The van der Waals surface area contributed by atoms with Crippen LogP contribution in [0.15, 0.2) is 59.7 Å². The van der Waals surface area contributed by atoms with Crippen molar-refractivity contribution in [2.24, 2.45) is 5.10 Å². The lowest BCUT2D eigenvalue weighted by Crippen LogP contribution is -2.49. The number of amidine groups is 1. The van der Waals surface area contributed by atoms with Gasteiger partial charge in [0, 0.05) is 24.8 Å². The quantitative estimate of drug-likeness (QED) is 0.870. The van der Waals surface area contributed by atoms with Crippen LogP contribution in [-0.2, 0) is 0 Å². The molecule has 106 valence electrons. The Balaban J connectivity index is 1.84. The molecular formula is C17H18N4. The average Bonchev–Trinajstić information content (AvgIpc) is 2.55. The molecule has 4 nitrogen and oxygen atoms in total. The number of para-hydroxylation sites is 1. The van der Waals surface area contributed by atoms with Crippen LogP contribution in [0.3, 0.4) is 0 Å². The van der Waals surface area contributed by atoms with Crippen molar-refractivity contribution in [1.29, 1.82) is 0 Å². The van der Waals surface area contributed by atoms with Gasteiger partial charge in [0.05, 0.1) is 6.54 Å². The third kappa shape index (κ3) is 2.03. The summed E-state index contributed by atoms with van der Waals surface area (Å²) in [7, 11) is 2.03. The first kappa shape index (κ1) is 12.3. The van der Waals surface area contributed by atoms with E-state index >= 15 is 0 Å². The molecule has 0 amide bonds. The van der Waals surface area contributed by atoms with Gasteiger partial charge < -0.3 is 10.2 Å². The Morgan fingerprint density at radius 1 is 1.00 bits per heavy atom. The van der Waals surface area contributed by atoms with Gasteiger partial charge in [0.1, 0.15) is 6.17 Å². The molecule has 4 heteroatoms. The summed E-state index contributed by atoms with van der Waals surface area (Å²) in [6.07, 6.45) is 0.147. The van der Waals surface area contributed by atoms with Crippen molar-refractivity contribution < 1.29 is 0 Å². The van der Waals surface area contributed by atoms with E-state index < -0.39 is 0 Å². The molecule has 1 N–H and O–H groups in total. The molecule has 0 bridgehead atoms. The van der Waals surface area contributed by atoms with E-state index in [1.54, 1.807) is 0 Å². The third-order valence-corrected chi connectivity index (χ3v) is 4.09. The van der Waals surface area contributed by atoms with Gasteiger partial charge in [-0.05, 0) is 17.7 Å². The van der Waals surface area contributed by atoms with Gasteiger partial charge in [-0.3, -0.25) is 5.01 Å². The van der Waals surface area contributed by atoms with Crippen LogP contribution >= 0.6 is 0 Å². The summed E-state index contributed by atoms with van der Waals surface area (Å²) in [5.74, 6) is 1.06. The summed E-state index contributed by atoms with van der Waals surface area (Å²) in [6.45, 7) is 1.91. The van der Waals surface area contributed by atoms with E-state index in [4.69, 9.17) is 5.10 Å². The minimum Gasteiger partial charge on any atom is -0.361 e. The summed E-state index contributed by atoms with van der Waals surface area (Å²) in [6, 6.07) is 19.0. The van der Waals surface area contributed by atoms with E-state index in [1.165, 1.54) is 11.1 Å². The second-order valence-corrected chi connectivity index (χ2v) is 5.50. The highest BCUT2D eigenvalue weighted by Crippen LogP contribution is 2.34. The Bertz CT molecular complexity index is 680. The molecule has 0 saturated carbocycles. The zero-order valence-electron chi connectivity index (χ0n) is 12.0. The Morgan fingerprint density at radius 2 is 1.76 bits per heavy atom. The normalized spacial score (nSPS) is 20.2. The molecule has 0 spiro atoms. The van der Waals surface area contributed by atoms with Crippen molar-refractivity contribution >= 4 is 11.5 Å². The van der Waals surface area contributed by atoms with Crippen LogP contribution in [0.25, 0.3) is 0 Å². The van der Waals surface area contributed by atoms with Crippen LogP contribution in [0.4, 0.5) is 5.69 Å². The lowest BCUT2D eigenvalue weighted by atomic mass is 10.0. The second kappa shape index (κ2) is 4.81. The first-order valence-corrected chi connectivity index (χ1v) is 7.30. The Kier molecular flexibility index (Phi) is 2.81. The second-order valence-electron chi connectivity index (χ2n) is 5.50. The van der Waals surface area contributed by atoms with Crippen LogP contribution in [-0.4, -0.2) is 35.9 Å². The molecule has 0 saturated heterocycles. The SMILES string of the molecule is CN1CCN2C(=N1)c1ccccc1NC2c1ccccc1. The zero-order chi connectivity index (χ0) is 14.2. The zero-order valence-corrected chi connectivity index (χ0v) is 12.0. The minimum absolute atomic E-state index is 0.147. The number of hydrogen-bond donors (Lipinski definition) is 1. The molecule has 21 heavy (non-hydrogen) atoms. The highest BCUT2D eigenvalue weighted by atomic mass is 15.5. The monoisotopic (exact) mass is 278 g/mol. The van der Waals surface area contributed by atoms with E-state index in [9.17, 15) is 0 Å². The Morgan fingerprint density at radius 3 is 2.62 bits per heavy atom. The van der Waals surface area contributed by atoms with E-state index in [-0.39, 0.29) is 6.17 Å². The molecule has 2 aliphatic rings. The van der Waals surface area contributed by atoms with Gasteiger partial charge in [0.25, 0.3) is 0 Å². The van der Waals surface area contributed by atoms with Gasteiger partial charge in [0.2, 0.25) is 0 Å². The molecule has 0 aromatic heterocycles. The fourth-order valence-corrected chi connectivity index (χ4v) is 3.02. The fourth-order valence-electron chi connectivity index (χ4n) is 3.02. The summed E-state index contributed by atoms with van der Waals surface area (Å²) < 4.78 is 0. The van der Waals surface area contributed by atoms with Gasteiger partial charge >= 0.3 is 0 Å². The van der Waals surface area contributed by atoms with E-state index in [0.717, 1.165) is 24.6 Å². The standard InChI is InChI=1S/C17H18N4/c1-20-11-12-21-16(13-7-3-2-4-8-13)18-15-10-6-5-9-14(15)17(21)19-20/h2-10,16,18H,11-12H2,1H3. The molecule has 1 unspecified atom stereocenters. The van der Waals surface area contributed by atoms with E-state index in [1.807, 2.05) is 12.1 Å². The van der Waals surface area contributed by atoms with E-state index in [2.05, 4.69) is 64.8 Å². The maximum Gasteiger partial charge on any atom is 0.160 e. The number of anilines is 1. The summed E-state index contributed by atoms with van der Waals surface area (Å²) in [5.41, 5.74) is 3.59. The van der Waals surface area contributed by atoms with Crippen molar-refractivity contribution in [1.82, 2.24) is 9.91 Å². The van der Waals surface area contributed by atoms with Gasteiger partial charge in [-0.1, -0.05) is 42.5 Å². The number of nitrogens with one attached hydrogen (secondary N) is 1. The molecule has 0 radical (unpaired) electrons. The fraction of sp³-hybridized carbons (Fsp3) is 0.235. The van der Waals surface area contributed by atoms with Crippen molar-refractivity contribution in [3.63, 3.8) is 0 Å². The smallest absolute Gasteiger partial charge is 0.160 e. The van der Waals surface area contributed by atoms with Crippen LogP contribution in [0.5, 0.6) is 0 Å². The van der Waals surface area contributed by atoms with Crippen molar-refractivity contribution in [3.05, 3.63) is 65.7 Å². The summed E-state index contributed by atoms with van der Waals surface area (Å²) in [4.78, 5) is 2.36. The highest BCUT2D eigenvalue weighted by molar-refractivity contribution is 6.05. The topological polar surface area (TPSA) is 30.9 Å². The number of nitrogens with zero attached hydrogens (tertiary/aromatic N) is 3. The molecule has 0 aliphatic carbocycles. The Labute approximate surface area is 124 Å². The lowest BCUT2D eigenvalue weighted by molar-refractivity contribution is 0.230. The van der Waals surface area contributed by atoms with Crippen molar-refractivity contribution in [2.45, 2.75) is 6.17 Å². The average molecular weight is 278 g/mol. The number of hydrogen-bond acceptors (Lipinski definition) is 4. The number of hydrazone groups is 1. The highest BCUT2D eigenvalue weighted by Gasteiger charge is 2.33. The van der Waals surface area contributed by atoms with E-state index in [0.29, 0.717) is 0 Å². The molecule has 4 rings (SSSR count). The molecule has 2 aliphatic heterocycles. The van der Waals surface area contributed by atoms with Gasteiger partial charge in [0.15, 0.2) is 5.84 Å². The van der Waals surface area contributed by atoms with Gasteiger partial charge in [-0.15, -0.1) is 0 Å². The number of benzene rings is 2. The molecule has 2 heterocycles. The van der Waals surface area contributed by atoms with Crippen molar-refractivity contribution in [3.8, 4) is 0 Å². The number of fused-ring (bicyclic) bond motifs is 3. The maximum atomic E-state index is 4.76. The van der Waals surface area contributed by atoms with Crippen LogP contribution < -0.4 is 5.32 Å². The molecule has 0 fully saturated rings. The predicted octanol–water partition coefficient (Wildman–Crippen LogP) is 2.72. The summed E-state index contributed by atoms with van der Waals surface area (Å²) in [5, 5.41) is 10.4. The first-order valence-electron chi connectivity index (χ1n) is 7.30. The van der Waals surface area contributed by atoms with Gasteiger partial charge in [-0.25, -0.2) is 0 Å². The predicted molar refractivity (Wildman–Crippen MR) is 85.1 cm³/mol. The summed E-state index contributed by atoms with van der Waals surface area (Å²) >= 11 is 0. The number of rotatable bonds is 1. The Hall–Kier alpha value is -2.49. The lowest BCUT2D eigenvalue weighted by Gasteiger charge is -2.43.